The van der Waals surface area contributed by atoms with Crippen LogP contribution in [0.15, 0.2) is 0 Å². The average molecular weight is 297 g/mol. The van der Waals surface area contributed by atoms with Gasteiger partial charge in [-0.25, -0.2) is 0 Å². The fourth-order valence-corrected chi connectivity index (χ4v) is 2.42. The van der Waals surface area contributed by atoms with E-state index in [4.69, 9.17) is 0 Å². The summed E-state index contributed by atoms with van der Waals surface area (Å²) in [4.78, 5) is 38.8. The Hall–Kier alpha value is -1.59. The van der Waals surface area contributed by atoms with Crippen molar-refractivity contribution in [3.8, 4) is 0 Å². The van der Waals surface area contributed by atoms with Gasteiger partial charge in [-0.1, -0.05) is 6.92 Å². The van der Waals surface area contributed by atoms with Crippen molar-refractivity contribution < 1.29 is 14.4 Å². The molecule has 1 heterocycles. The molecule has 1 unspecified atom stereocenters. The van der Waals surface area contributed by atoms with Crippen LogP contribution in [0.25, 0.3) is 0 Å². The van der Waals surface area contributed by atoms with Crippen LogP contribution in [0, 0.1) is 5.92 Å². The third-order valence-electron chi connectivity index (χ3n) is 3.37. The molecule has 1 aliphatic heterocycles. The molecule has 1 atom stereocenters. The third-order valence-corrected chi connectivity index (χ3v) is 3.37. The van der Waals surface area contributed by atoms with Gasteiger partial charge in [0, 0.05) is 25.7 Å². The summed E-state index contributed by atoms with van der Waals surface area (Å²) in [5, 5.41) is 2.77. The highest BCUT2D eigenvalue weighted by molar-refractivity contribution is 6.35. The second-order valence-corrected chi connectivity index (χ2v) is 6.96. The zero-order valence-electron chi connectivity index (χ0n) is 13.7. The van der Waals surface area contributed by atoms with E-state index in [0.717, 1.165) is 12.8 Å². The zero-order valence-corrected chi connectivity index (χ0v) is 13.7. The Labute approximate surface area is 126 Å². The Balaban J connectivity index is 2.53. The number of hydrogen-bond acceptors (Lipinski definition) is 3. The highest BCUT2D eigenvalue weighted by atomic mass is 16.2. The molecule has 0 aromatic carbocycles. The molecule has 1 N–H and O–H groups in total. The Morgan fingerprint density at radius 1 is 1.29 bits per heavy atom. The van der Waals surface area contributed by atoms with E-state index in [9.17, 15) is 14.4 Å². The van der Waals surface area contributed by atoms with Gasteiger partial charge in [0.1, 0.15) is 0 Å². The quantitative estimate of drug-likeness (QED) is 0.760. The maximum absolute atomic E-state index is 12.2. The minimum atomic E-state index is -0.617. The van der Waals surface area contributed by atoms with Crippen LogP contribution in [0.4, 0.5) is 0 Å². The maximum Gasteiger partial charge on any atom is 0.312 e. The first kappa shape index (κ1) is 17.5. The number of likely N-dealkylation sites (tertiary alicyclic amines) is 1. The van der Waals surface area contributed by atoms with E-state index < -0.39 is 11.8 Å². The Bertz CT molecular complexity index is 415. The molecule has 1 rings (SSSR count). The number of rotatable bonds is 2. The topological polar surface area (TPSA) is 69.7 Å². The number of carbonyl (C=O) groups is 3. The van der Waals surface area contributed by atoms with Gasteiger partial charge < -0.3 is 15.1 Å². The van der Waals surface area contributed by atoms with Crippen molar-refractivity contribution in [2.75, 3.05) is 26.7 Å². The SMILES string of the molecule is CC1CCCN(C(=O)C(=O)N(C)CC(=O)NC(C)(C)C)C1. The molecular formula is C15H27N3O3. The van der Waals surface area contributed by atoms with Gasteiger partial charge in [-0.2, -0.15) is 0 Å². The number of likely N-dealkylation sites (N-methyl/N-ethyl adjacent to an activating group) is 1. The van der Waals surface area contributed by atoms with Crippen LogP contribution in [0.1, 0.15) is 40.5 Å². The molecule has 0 aromatic heterocycles. The maximum atomic E-state index is 12.2. The van der Waals surface area contributed by atoms with Crippen molar-refractivity contribution in [2.24, 2.45) is 5.92 Å². The van der Waals surface area contributed by atoms with Crippen LogP contribution in [0.2, 0.25) is 0 Å². The molecule has 0 bridgehead atoms. The summed E-state index contributed by atoms with van der Waals surface area (Å²) >= 11 is 0. The van der Waals surface area contributed by atoms with E-state index in [-0.39, 0.29) is 18.0 Å². The number of amides is 3. The Morgan fingerprint density at radius 2 is 1.90 bits per heavy atom. The van der Waals surface area contributed by atoms with E-state index in [1.165, 1.54) is 11.9 Å². The summed E-state index contributed by atoms with van der Waals surface area (Å²) in [6.45, 7) is 8.81. The Kier molecular flexibility index (Phi) is 5.75. The number of nitrogens with zero attached hydrogens (tertiary/aromatic N) is 2. The lowest BCUT2D eigenvalue weighted by Crippen LogP contribution is -2.51. The zero-order chi connectivity index (χ0) is 16.2. The molecule has 21 heavy (non-hydrogen) atoms. The largest absolute Gasteiger partial charge is 0.350 e. The standard InChI is InChI=1S/C15H27N3O3/c1-11-7-6-8-18(9-11)14(21)13(20)17(5)10-12(19)16-15(2,3)4/h11H,6-10H2,1-5H3,(H,16,19). The van der Waals surface area contributed by atoms with E-state index in [2.05, 4.69) is 12.2 Å². The molecule has 1 aliphatic rings. The smallest absolute Gasteiger partial charge is 0.312 e. The van der Waals surface area contributed by atoms with E-state index >= 15 is 0 Å². The Morgan fingerprint density at radius 3 is 2.43 bits per heavy atom. The van der Waals surface area contributed by atoms with Crippen LogP contribution >= 0.6 is 0 Å². The van der Waals surface area contributed by atoms with Gasteiger partial charge in [0.15, 0.2) is 0 Å². The monoisotopic (exact) mass is 297 g/mol. The van der Waals surface area contributed by atoms with Gasteiger partial charge in [-0.3, -0.25) is 14.4 Å². The average Bonchev–Trinajstić information content (AvgIpc) is 2.34. The molecular weight excluding hydrogens is 270 g/mol. The highest BCUT2D eigenvalue weighted by Crippen LogP contribution is 2.15. The van der Waals surface area contributed by atoms with Crippen molar-refractivity contribution in [1.82, 2.24) is 15.1 Å². The molecule has 6 nitrogen and oxygen atoms in total. The molecule has 0 aromatic rings. The lowest BCUT2D eigenvalue weighted by molar-refractivity contribution is -0.152. The van der Waals surface area contributed by atoms with E-state index in [0.29, 0.717) is 19.0 Å². The van der Waals surface area contributed by atoms with Crippen LogP contribution in [-0.2, 0) is 14.4 Å². The summed E-state index contributed by atoms with van der Waals surface area (Å²) in [6, 6.07) is 0. The van der Waals surface area contributed by atoms with Crippen LogP contribution in [-0.4, -0.2) is 59.7 Å². The summed E-state index contributed by atoms with van der Waals surface area (Å²) in [7, 11) is 1.48. The lowest BCUT2D eigenvalue weighted by Gasteiger charge is -2.31. The summed E-state index contributed by atoms with van der Waals surface area (Å²) in [5.74, 6) is -0.969. The van der Waals surface area contributed by atoms with Gasteiger partial charge in [-0.05, 0) is 39.5 Å². The molecule has 0 aliphatic carbocycles. The van der Waals surface area contributed by atoms with Gasteiger partial charge in [0.25, 0.3) is 0 Å². The first-order chi connectivity index (χ1) is 9.60. The number of piperidine rings is 1. The molecule has 1 saturated heterocycles. The van der Waals surface area contributed by atoms with E-state index in [1.807, 2.05) is 20.8 Å². The number of carbonyl (C=O) groups excluding carboxylic acids is 3. The summed E-state index contributed by atoms with van der Waals surface area (Å²) in [6.07, 6.45) is 2.01. The molecule has 0 saturated carbocycles. The summed E-state index contributed by atoms with van der Waals surface area (Å²) in [5.41, 5.74) is -0.354. The minimum absolute atomic E-state index is 0.106. The summed E-state index contributed by atoms with van der Waals surface area (Å²) < 4.78 is 0. The minimum Gasteiger partial charge on any atom is -0.350 e. The number of hydrogen-bond donors (Lipinski definition) is 1. The van der Waals surface area contributed by atoms with Gasteiger partial charge in [0.05, 0.1) is 6.54 Å². The predicted octanol–water partition coefficient (Wildman–Crippen LogP) is 0.618. The first-order valence-corrected chi connectivity index (χ1v) is 7.45. The van der Waals surface area contributed by atoms with Crippen molar-refractivity contribution >= 4 is 17.7 Å². The van der Waals surface area contributed by atoms with Gasteiger partial charge in [0.2, 0.25) is 5.91 Å². The van der Waals surface area contributed by atoms with Crippen molar-refractivity contribution in [3.63, 3.8) is 0 Å². The van der Waals surface area contributed by atoms with E-state index in [1.54, 1.807) is 4.90 Å². The lowest BCUT2D eigenvalue weighted by atomic mass is 10.0. The molecule has 120 valence electrons. The molecule has 3 amide bonds. The van der Waals surface area contributed by atoms with Crippen LogP contribution in [0.3, 0.4) is 0 Å². The fraction of sp³-hybridized carbons (Fsp3) is 0.800. The molecule has 1 fully saturated rings. The van der Waals surface area contributed by atoms with Crippen molar-refractivity contribution in [1.29, 1.82) is 0 Å². The fourth-order valence-electron chi connectivity index (χ4n) is 2.42. The second kappa shape index (κ2) is 6.91. The van der Waals surface area contributed by atoms with Crippen molar-refractivity contribution in [3.05, 3.63) is 0 Å². The second-order valence-electron chi connectivity index (χ2n) is 6.96. The highest BCUT2D eigenvalue weighted by Gasteiger charge is 2.29. The van der Waals surface area contributed by atoms with Gasteiger partial charge >= 0.3 is 11.8 Å². The molecule has 6 heteroatoms. The predicted molar refractivity (Wildman–Crippen MR) is 80.5 cm³/mol. The third kappa shape index (κ3) is 5.73. The normalized spacial score (nSPS) is 19.1. The van der Waals surface area contributed by atoms with Gasteiger partial charge in [-0.15, -0.1) is 0 Å². The first-order valence-electron chi connectivity index (χ1n) is 7.45. The van der Waals surface area contributed by atoms with Crippen LogP contribution < -0.4 is 5.32 Å². The number of nitrogens with one attached hydrogen (secondary N) is 1. The molecule has 0 radical (unpaired) electrons. The van der Waals surface area contributed by atoms with Crippen molar-refractivity contribution in [2.45, 2.75) is 46.1 Å². The molecule has 0 spiro atoms. The van der Waals surface area contributed by atoms with Crippen LogP contribution in [0.5, 0.6) is 0 Å².